The van der Waals surface area contributed by atoms with Crippen molar-refractivity contribution in [3.05, 3.63) is 72.0 Å². The number of carbonyl (C=O) groups excluding carboxylic acids is 2. The van der Waals surface area contributed by atoms with Gasteiger partial charge in [0.25, 0.3) is 5.91 Å². The van der Waals surface area contributed by atoms with Crippen LogP contribution in [0.15, 0.2) is 65.1 Å². The maximum absolute atomic E-state index is 12.1. The molecule has 1 aromatic heterocycles. The third-order valence-electron chi connectivity index (χ3n) is 3.59. The largest absolute Gasteiger partial charge is 0.449 e. The van der Waals surface area contributed by atoms with Gasteiger partial charge in [-0.3, -0.25) is 4.79 Å². The first-order valence-electron chi connectivity index (χ1n) is 7.64. The molecule has 0 saturated carbocycles. The van der Waals surface area contributed by atoms with Crippen molar-refractivity contribution in [2.24, 2.45) is 0 Å². The SMILES string of the molecule is C[C@H](OC(=O)c1cc2ccccc2o1)C(=O)NCc1ccccc1. The molecule has 0 bridgehead atoms. The molecule has 1 N–H and O–H groups in total. The zero-order chi connectivity index (χ0) is 16.9. The molecule has 0 saturated heterocycles. The number of para-hydroxylation sites is 1. The van der Waals surface area contributed by atoms with Crippen LogP contribution in [0.1, 0.15) is 23.0 Å². The second kappa shape index (κ2) is 7.00. The summed E-state index contributed by atoms with van der Waals surface area (Å²) in [5.41, 5.74) is 1.58. The summed E-state index contributed by atoms with van der Waals surface area (Å²) in [6, 6.07) is 18.4. The number of ether oxygens (including phenoxy) is 1. The minimum absolute atomic E-state index is 0.0823. The average Bonchev–Trinajstić information content (AvgIpc) is 3.04. The molecule has 122 valence electrons. The summed E-state index contributed by atoms with van der Waals surface area (Å²) in [4.78, 5) is 24.1. The first-order chi connectivity index (χ1) is 11.6. The van der Waals surface area contributed by atoms with Gasteiger partial charge in [-0.1, -0.05) is 48.5 Å². The number of esters is 1. The fourth-order valence-electron chi connectivity index (χ4n) is 2.28. The molecule has 5 heteroatoms. The Labute approximate surface area is 139 Å². The molecule has 0 fully saturated rings. The standard InChI is InChI=1S/C19H17NO4/c1-13(18(21)20-12-14-7-3-2-4-8-14)23-19(22)17-11-15-9-5-6-10-16(15)24-17/h2-11,13H,12H2,1H3,(H,20,21)/t13-/m0/s1. The summed E-state index contributed by atoms with van der Waals surface area (Å²) in [6.45, 7) is 1.91. The molecule has 3 aromatic rings. The normalized spacial score (nSPS) is 11.9. The lowest BCUT2D eigenvalue weighted by atomic mass is 10.2. The lowest BCUT2D eigenvalue weighted by Crippen LogP contribution is -2.35. The van der Waals surface area contributed by atoms with Crippen LogP contribution in [0.3, 0.4) is 0 Å². The van der Waals surface area contributed by atoms with E-state index in [-0.39, 0.29) is 11.7 Å². The van der Waals surface area contributed by atoms with Crippen LogP contribution in [0.2, 0.25) is 0 Å². The molecule has 0 aliphatic carbocycles. The van der Waals surface area contributed by atoms with E-state index in [0.29, 0.717) is 12.1 Å². The number of nitrogens with one attached hydrogen (secondary N) is 1. The average molecular weight is 323 g/mol. The fraction of sp³-hybridized carbons (Fsp3) is 0.158. The van der Waals surface area contributed by atoms with Gasteiger partial charge in [-0.2, -0.15) is 0 Å². The van der Waals surface area contributed by atoms with E-state index >= 15 is 0 Å². The summed E-state index contributed by atoms with van der Waals surface area (Å²) < 4.78 is 10.6. The van der Waals surface area contributed by atoms with Gasteiger partial charge < -0.3 is 14.5 Å². The minimum Gasteiger partial charge on any atom is -0.449 e. The number of carbonyl (C=O) groups is 2. The maximum atomic E-state index is 12.1. The number of furan rings is 1. The van der Waals surface area contributed by atoms with Crippen molar-refractivity contribution in [3.8, 4) is 0 Å². The van der Waals surface area contributed by atoms with Crippen LogP contribution in [0.25, 0.3) is 11.0 Å². The highest BCUT2D eigenvalue weighted by Gasteiger charge is 2.21. The van der Waals surface area contributed by atoms with E-state index in [1.807, 2.05) is 48.5 Å². The van der Waals surface area contributed by atoms with E-state index in [4.69, 9.17) is 9.15 Å². The van der Waals surface area contributed by atoms with Crippen LogP contribution in [0, 0.1) is 0 Å². The predicted octanol–water partition coefficient (Wildman–Crippen LogP) is 3.29. The molecule has 0 unspecified atom stereocenters. The highest BCUT2D eigenvalue weighted by Crippen LogP contribution is 2.19. The predicted molar refractivity (Wildman–Crippen MR) is 89.4 cm³/mol. The lowest BCUT2D eigenvalue weighted by molar-refractivity contribution is -0.129. The number of rotatable bonds is 5. The highest BCUT2D eigenvalue weighted by molar-refractivity contribution is 5.94. The van der Waals surface area contributed by atoms with Crippen LogP contribution >= 0.6 is 0 Å². The molecule has 3 rings (SSSR count). The molecule has 1 atom stereocenters. The molecule has 0 radical (unpaired) electrons. The Hall–Kier alpha value is -3.08. The van der Waals surface area contributed by atoms with E-state index in [1.54, 1.807) is 12.1 Å². The summed E-state index contributed by atoms with van der Waals surface area (Å²) in [5.74, 6) is -0.934. The van der Waals surface area contributed by atoms with Gasteiger partial charge in [-0.25, -0.2) is 4.79 Å². The number of amides is 1. The van der Waals surface area contributed by atoms with E-state index in [9.17, 15) is 9.59 Å². The third-order valence-corrected chi connectivity index (χ3v) is 3.59. The second-order valence-electron chi connectivity index (χ2n) is 5.40. The van der Waals surface area contributed by atoms with Gasteiger partial charge >= 0.3 is 5.97 Å². The summed E-state index contributed by atoms with van der Waals surface area (Å²) in [6.07, 6.45) is -0.908. The van der Waals surface area contributed by atoms with Crippen molar-refractivity contribution in [1.29, 1.82) is 0 Å². The monoisotopic (exact) mass is 323 g/mol. The van der Waals surface area contributed by atoms with Crippen LogP contribution < -0.4 is 5.32 Å². The Morgan fingerprint density at radius 1 is 1.08 bits per heavy atom. The van der Waals surface area contributed by atoms with Crippen LogP contribution in [-0.4, -0.2) is 18.0 Å². The molecular weight excluding hydrogens is 306 g/mol. The van der Waals surface area contributed by atoms with Crippen molar-refractivity contribution < 1.29 is 18.7 Å². The van der Waals surface area contributed by atoms with Gasteiger partial charge in [0.15, 0.2) is 6.10 Å². The minimum atomic E-state index is -0.908. The molecule has 5 nitrogen and oxygen atoms in total. The zero-order valence-corrected chi connectivity index (χ0v) is 13.2. The Balaban J connectivity index is 1.58. The van der Waals surface area contributed by atoms with Crippen LogP contribution in [0.4, 0.5) is 0 Å². The van der Waals surface area contributed by atoms with E-state index < -0.39 is 12.1 Å². The van der Waals surface area contributed by atoms with E-state index in [2.05, 4.69) is 5.32 Å². The molecule has 0 spiro atoms. The second-order valence-corrected chi connectivity index (χ2v) is 5.40. The van der Waals surface area contributed by atoms with E-state index in [1.165, 1.54) is 6.92 Å². The fourth-order valence-corrected chi connectivity index (χ4v) is 2.28. The Morgan fingerprint density at radius 2 is 1.79 bits per heavy atom. The Bertz CT molecular complexity index is 821. The third kappa shape index (κ3) is 3.63. The van der Waals surface area contributed by atoms with Crippen LogP contribution in [-0.2, 0) is 16.1 Å². The maximum Gasteiger partial charge on any atom is 0.375 e. The summed E-state index contributed by atoms with van der Waals surface area (Å²) in [5, 5.41) is 3.55. The van der Waals surface area contributed by atoms with Gasteiger partial charge in [0.1, 0.15) is 5.58 Å². The summed E-state index contributed by atoms with van der Waals surface area (Å²) >= 11 is 0. The van der Waals surface area contributed by atoms with Gasteiger partial charge in [0.2, 0.25) is 5.76 Å². The molecular formula is C19H17NO4. The smallest absolute Gasteiger partial charge is 0.375 e. The van der Waals surface area contributed by atoms with Crippen molar-refractivity contribution in [1.82, 2.24) is 5.32 Å². The number of hydrogen-bond donors (Lipinski definition) is 1. The van der Waals surface area contributed by atoms with Gasteiger partial charge in [0.05, 0.1) is 0 Å². The first kappa shape index (κ1) is 15.8. The molecule has 1 heterocycles. The Kier molecular flexibility index (Phi) is 4.61. The van der Waals surface area contributed by atoms with E-state index in [0.717, 1.165) is 10.9 Å². The molecule has 0 aliphatic rings. The number of benzene rings is 2. The molecule has 0 aliphatic heterocycles. The van der Waals surface area contributed by atoms with Crippen molar-refractivity contribution in [2.45, 2.75) is 19.6 Å². The molecule has 24 heavy (non-hydrogen) atoms. The lowest BCUT2D eigenvalue weighted by Gasteiger charge is -2.12. The van der Waals surface area contributed by atoms with Crippen molar-refractivity contribution in [2.75, 3.05) is 0 Å². The first-order valence-corrected chi connectivity index (χ1v) is 7.64. The number of hydrogen-bond acceptors (Lipinski definition) is 4. The zero-order valence-electron chi connectivity index (χ0n) is 13.2. The molecule has 1 amide bonds. The topological polar surface area (TPSA) is 68.5 Å². The van der Waals surface area contributed by atoms with Crippen molar-refractivity contribution >= 4 is 22.8 Å². The Morgan fingerprint density at radius 3 is 2.54 bits per heavy atom. The quantitative estimate of drug-likeness (QED) is 0.732. The van der Waals surface area contributed by atoms with Gasteiger partial charge in [-0.05, 0) is 24.6 Å². The van der Waals surface area contributed by atoms with Crippen LogP contribution in [0.5, 0.6) is 0 Å². The highest BCUT2D eigenvalue weighted by atomic mass is 16.6. The van der Waals surface area contributed by atoms with Gasteiger partial charge in [-0.15, -0.1) is 0 Å². The summed E-state index contributed by atoms with van der Waals surface area (Å²) in [7, 11) is 0. The van der Waals surface area contributed by atoms with Gasteiger partial charge in [0, 0.05) is 11.9 Å². The van der Waals surface area contributed by atoms with Crippen molar-refractivity contribution in [3.63, 3.8) is 0 Å². The molecule has 2 aromatic carbocycles. The number of fused-ring (bicyclic) bond motifs is 1.